The lowest BCUT2D eigenvalue weighted by Gasteiger charge is -2.10. The number of carbonyl (C=O) groups excluding carboxylic acids is 2. The van der Waals surface area contributed by atoms with Crippen molar-refractivity contribution in [2.45, 2.75) is 19.6 Å². The van der Waals surface area contributed by atoms with Gasteiger partial charge in [-0.25, -0.2) is 38.0 Å². The number of imide groups is 1. The zero-order chi connectivity index (χ0) is 28.2. The Labute approximate surface area is 218 Å². The second-order valence-corrected chi connectivity index (χ2v) is 7.45. The lowest BCUT2D eigenvalue weighted by atomic mass is 10.1. The van der Waals surface area contributed by atoms with Gasteiger partial charge in [-0.05, 0) is 12.1 Å². The quantitative estimate of drug-likeness (QED) is 0.334. The van der Waals surface area contributed by atoms with Crippen LogP contribution in [0.3, 0.4) is 0 Å². The lowest BCUT2D eigenvalue weighted by molar-refractivity contribution is 0.0722. The van der Waals surface area contributed by atoms with Crippen LogP contribution in [0.4, 0.5) is 0 Å². The van der Waals surface area contributed by atoms with Crippen LogP contribution in [-0.2, 0) is 19.6 Å². The van der Waals surface area contributed by atoms with Gasteiger partial charge in [0.15, 0.2) is 0 Å². The van der Waals surface area contributed by atoms with Gasteiger partial charge in [0.1, 0.15) is 0 Å². The molecular formula is C27H28N6O5. The normalized spacial score (nSPS) is 11.3. The van der Waals surface area contributed by atoms with E-state index in [0.717, 1.165) is 18.6 Å². The number of hydrogen-bond donors (Lipinski definition) is 0. The Bertz CT molecular complexity index is 1380. The van der Waals surface area contributed by atoms with Crippen molar-refractivity contribution in [2.75, 3.05) is 0 Å². The summed E-state index contributed by atoms with van der Waals surface area (Å²) in [6.07, 6.45) is 12.4. The molecule has 3 heterocycles. The second-order valence-electron chi connectivity index (χ2n) is 7.45. The Morgan fingerprint density at radius 2 is 1.08 bits per heavy atom. The molecule has 196 valence electrons. The number of hydrogen-bond acceptors (Lipinski definition) is 6. The minimum atomic E-state index is -0.662. The molecule has 2 aromatic heterocycles. The summed E-state index contributed by atoms with van der Waals surface area (Å²) in [5, 5.41) is 0. The summed E-state index contributed by atoms with van der Waals surface area (Å²) in [5.41, 5.74) is -1.08. The predicted molar refractivity (Wildman–Crippen MR) is 146 cm³/mol. The van der Waals surface area contributed by atoms with Crippen LogP contribution in [-0.4, -0.2) is 40.0 Å². The van der Waals surface area contributed by atoms with Crippen molar-refractivity contribution >= 4 is 18.0 Å². The highest BCUT2D eigenvalue weighted by atomic mass is 16.2. The molecule has 1 aliphatic rings. The van der Waals surface area contributed by atoms with Crippen LogP contribution < -0.4 is 17.1 Å². The highest BCUT2D eigenvalue weighted by molar-refractivity contribution is 6.21. The minimum absolute atomic E-state index is 0.0478. The highest BCUT2D eigenvalue weighted by Crippen LogP contribution is 2.21. The summed E-state index contributed by atoms with van der Waals surface area (Å²) in [6, 6.07) is 6.74. The number of amides is 2. The fraction of sp³-hybridized carbons (Fsp3) is 0.111. The van der Waals surface area contributed by atoms with Crippen LogP contribution in [0.5, 0.6) is 0 Å². The summed E-state index contributed by atoms with van der Waals surface area (Å²) < 4.78 is 4.62. The molecule has 0 radical (unpaired) electrons. The molecule has 0 unspecified atom stereocenters. The van der Waals surface area contributed by atoms with Crippen molar-refractivity contribution in [3.8, 4) is 0 Å². The van der Waals surface area contributed by atoms with Gasteiger partial charge in [-0.2, -0.15) is 0 Å². The molecule has 0 spiro atoms. The van der Waals surface area contributed by atoms with Crippen molar-refractivity contribution in [2.24, 2.45) is 0 Å². The average molecular weight is 517 g/mol. The third-order valence-corrected chi connectivity index (χ3v) is 5.06. The van der Waals surface area contributed by atoms with Crippen molar-refractivity contribution in [1.82, 2.24) is 28.2 Å². The van der Waals surface area contributed by atoms with Crippen LogP contribution >= 0.6 is 0 Å². The number of rotatable bonds is 8. The van der Waals surface area contributed by atoms with Gasteiger partial charge >= 0.3 is 17.1 Å². The van der Waals surface area contributed by atoms with E-state index in [0.29, 0.717) is 11.1 Å². The van der Waals surface area contributed by atoms with E-state index >= 15 is 0 Å². The van der Waals surface area contributed by atoms with Crippen LogP contribution in [0.25, 0.3) is 6.20 Å². The summed E-state index contributed by atoms with van der Waals surface area (Å²) in [6.45, 7) is 17.5. The topological polar surface area (TPSA) is 121 Å². The van der Waals surface area contributed by atoms with Crippen LogP contribution in [0.2, 0.25) is 0 Å². The molecule has 38 heavy (non-hydrogen) atoms. The van der Waals surface area contributed by atoms with Gasteiger partial charge in [0.25, 0.3) is 11.8 Å². The number of nitrogens with zero attached hydrogens (tertiary/aromatic N) is 6. The molecule has 0 N–H and O–H groups in total. The van der Waals surface area contributed by atoms with Gasteiger partial charge < -0.3 is 4.57 Å². The van der Waals surface area contributed by atoms with Crippen molar-refractivity contribution < 1.29 is 9.59 Å². The number of imidazole rings is 1. The SMILES string of the molecule is C=CCn1c(=O)n(CC=C)c(=O)n(CC=C)c1=O.C=CN1C(=O)c2ccccc2C1=O.C=Cn1ccnc1. The van der Waals surface area contributed by atoms with Crippen LogP contribution in [0.15, 0.2) is 115 Å². The number of allylic oxidation sites excluding steroid dienone is 3. The Balaban J connectivity index is 0.000000219. The number of benzene rings is 1. The minimum Gasteiger partial charge on any atom is -0.314 e. The van der Waals surface area contributed by atoms with E-state index in [1.54, 1.807) is 47.6 Å². The molecule has 4 rings (SSSR count). The molecule has 0 saturated heterocycles. The molecule has 11 nitrogen and oxygen atoms in total. The number of fused-ring (bicyclic) bond motifs is 1. The Kier molecular flexibility index (Phi) is 10.4. The molecule has 2 amide bonds. The highest BCUT2D eigenvalue weighted by Gasteiger charge is 2.33. The fourth-order valence-electron chi connectivity index (χ4n) is 3.29. The molecule has 1 aliphatic heterocycles. The maximum atomic E-state index is 11.9. The Morgan fingerprint density at radius 3 is 1.34 bits per heavy atom. The molecule has 3 aromatic rings. The summed E-state index contributed by atoms with van der Waals surface area (Å²) in [4.78, 5) is 63.6. The van der Waals surface area contributed by atoms with E-state index in [1.807, 2.05) is 6.20 Å². The van der Waals surface area contributed by atoms with Crippen LogP contribution in [0.1, 0.15) is 20.7 Å². The van der Waals surface area contributed by atoms with Crippen molar-refractivity contribution in [3.05, 3.63) is 143 Å². The zero-order valence-electron chi connectivity index (χ0n) is 20.8. The first kappa shape index (κ1) is 28.9. The third kappa shape index (κ3) is 6.26. The molecule has 0 aliphatic carbocycles. The Morgan fingerprint density at radius 1 is 0.658 bits per heavy atom. The number of aromatic nitrogens is 5. The first-order valence-corrected chi connectivity index (χ1v) is 11.2. The molecular weight excluding hydrogens is 488 g/mol. The smallest absolute Gasteiger partial charge is 0.314 e. The summed E-state index contributed by atoms with van der Waals surface area (Å²) in [5.74, 6) is -0.591. The van der Waals surface area contributed by atoms with Crippen LogP contribution in [0, 0.1) is 0 Å². The molecule has 0 atom stereocenters. The van der Waals surface area contributed by atoms with E-state index in [9.17, 15) is 24.0 Å². The molecule has 0 fully saturated rings. The summed E-state index contributed by atoms with van der Waals surface area (Å²) >= 11 is 0. The molecule has 1 aromatic carbocycles. The second kappa shape index (κ2) is 13.7. The van der Waals surface area contributed by atoms with Gasteiger partial charge in [0.05, 0.1) is 37.1 Å². The standard InChI is InChI=1S/C12H15N3O3.C10H7NO2.C5H6N2/c1-4-7-13-10(16)14(8-5-2)12(18)15(9-6-3)11(13)17;1-2-11-9(12)7-5-3-4-6-8(7)10(11)13;1-2-7-4-3-6-5-7/h4-6H,1-3,7-9H2;2-6H,1H2;2-5H,1H2. The van der Waals surface area contributed by atoms with E-state index < -0.39 is 17.1 Å². The first-order valence-electron chi connectivity index (χ1n) is 11.2. The van der Waals surface area contributed by atoms with Gasteiger partial charge in [0, 0.05) is 24.8 Å². The van der Waals surface area contributed by atoms with E-state index in [-0.39, 0.29) is 31.4 Å². The molecule has 11 heteroatoms. The summed E-state index contributed by atoms with van der Waals surface area (Å²) in [7, 11) is 0. The maximum Gasteiger partial charge on any atom is 0.336 e. The van der Waals surface area contributed by atoms with Gasteiger partial charge in [-0.15, -0.1) is 19.7 Å². The molecule has 0 saturated carbocycles. The van der Waals surface area contributed by atoms with Crippen molar-refractivity contribution in [3.63, 3.8) is 0 Å². The molecule has 0 bridgehead atoms. The average Bonchev–Trinajstić information content (AvgIpc) is 3.54. The van der Waals surface area contributed by atoms with Gasteiger partial charge in [-0.1, -0.05) is 43.5 Å². The van der Waals surface area contributed by atoms with E-state index in [1.165, 1.54) is 24.4 Å². The van der Waals surface area contributed by atoms with Gasteiger partial charge in [0.2, 0.25) is 0 Å². The maximum absolute atomic E-state index is 11.9. The largest absolute Gasteiger partial charge is 0.336 e. The predicted octanol–water partition coefficient (Wildman–Crippen LogP) is 2.14. The van der Waals surface area contributed by atoms with Crippen molar-refractivity contribution in [1.29, 1.82) is 0 Å². The third-order valence-electron chi connectivity index (χ3n) is 5.06. The lowest BCUT2D eigenvalue weighted by Crippen LogP contribution is -2.54. The monoisotopic (exact) mass is 516 g/mol. The van der Waals surface area contributed by atoms with Gasteiger partial charge in [-0.3, -0.25) is 9.59 Å². The van der Waals surface area contributed by atoms with E-state index in [2.05, 4.69) is 37.9 Å². The first-order chi connectivity index (χ1) is 18.3. The number of carbonyl (C=O) groups is 2. The fourth-order valence-corrected chi connectivity index (χ4v) is 3.29. The zero-order valence-corrected chi connectivity index (χ0v) is 20.8. The Hall–Kier alpha value is -5.32. The van der Waals surface area contributed by atoms with E-state index in [4.69, 9.17) is 0 Å².